The average molecular weight is 506 g/mol. The fourth-order valence-electron chi connectivity index (χ4n) is 3.70. The van der Waals surface area contributed by atoms with Gasteiger partial charge in [0.25, 0.3) is 11.5 Å². The fraction of sp³-hybridized carbons (Fsp3) is 0.125. The highest BCUT2D eigenvalue weighted by atomic mass is 35.5. The largest absolute Gasteiger partial charge is 0.497 e. The third-order valence-corrected chi connectivity index (χ3v) is 5.68. The number of carbonyl (C=O) groups excluding carboxylic acids is 1. The van der Waals surface area contributed by atoms with Gasteiger partial charge in [0.05, 0.1) is 37.4 Å². The predicted octanol–water partition coefficient (Wildman–Crippen LogP) is 3.53. The lowest BCUT2D eigenvalue weighted by molar-refractivity contribution is 0.102. The molecule has 5 rings (SSSR count). The van der Waals surface area contributed by atoms with Crippen LogP contribution in [0.3, 0.4) is 0 Å². The number of amides is 1. The summed E-state index contributed by atoms with van der Waals surface area (Å²) in [6, 6.07) is 13.5. The van der Waals surface area contributed by atoms with E-state index < -0.39 is 11.5 Å². The summed E-state index contributed by atoms with van der Waals surface area (Å²) in [6.45, 7) is 1.76. The normalized spacial score (nSPS) is 11.0. The van der Waals surface area contributed by atoms with Crippen LogP contribution < -0.4 is 20.3 Å². The Morgan fingerprint density at radius 2 is 1.83 bits per heavy atom. The molecule has 0 aliphatic carbocycles. The number of ether oxygens (including phenoxy) is 2. The Labute approximate surface area is 209 Å². The number of aromatic nitrogens is 6. The van der Waals surface area contributed by atoms with Gasteiger partial charge in [0.2, 0.25) is 5.95 Å². The van der Waals surface area contributed by atoms with Gasteiger partial charge in [0, 0.05) is 17.2 Å². The summed E-state index contributed by atoms with van der Waals surface area (Å²) in [5.74, 6) is 0.861. The SMILES string of the molecule is COc1ccc(C(=O)Nc2cc(C)nn2-c2nc3c(cnn3-c3ccc(Cl)cc3)c(=O)[nH]2)c(OC)c1. The second-order valence-corrected chi connectivity index (χ2v) is 8.20. The number of rotatable bonds is 6. The van der Waals surface area contributed by atoms with Crippen molar-refractivity contribution in [2.24, 2.45) is 0 Å². The van der Waals surface area contributed by atoms with Crippen LogP contribution in [0.4, 0.5) is 5.82 Å². The van der Waals surface area contributed by atoms with Crippen LogP contribution in [0.1, 0.15) is 16.1 Å². The van der Waals surface area contributed by atoms with Crippen LogP contribution in [0.5, 0.6) is 11.5 Å². The fourth-order valence-corrected chi connectivity index (χ4v) is 3.82. The van der Waals surface area contributed by atoms with Crippen molar-refractivity contribution >= 4 is 34.4 Å². The Hall–Kier alpha value is -4.64. The van der Waals surface area contributed by atoms with Gasteiger partial charge in [-0.2, -0.15) is 19.9 Å². The van der Waals surface area contributed by atoms with E-state index in [0.29, 0.717) is 50.3 Å². The first-order valence-corrected chi connectivity index (χ1v) is 11.1. The van der Waals surface area contributed by atoms with Crippen LogP contribution in [0.15, 0.2) is 59.5 Å². The molecule has 182 valence electrons. The summed E-state index contributed by atoms with van der Waals surface area (Å²) in [7, 11) is 2.99. The molecule has 12 heteroatoms. The molecule has 0 radical (unpaired) electrons. The topological polar surface area (TPSA) is 129 Å². The zero-order valence-electron chi connectivity index (χ0n) is 19.4. The Morgan fingerprint density at radius 1 is 1.06 bits per heavy atom. The number of carbonyl (C=O) groups is 1. The molecular formula is C24H20ClN7O4. The smallest absolute Gasteiger partial charge is 0.263 e. The van der Waals surface area contributed by atoms with E-state index in [1.807, 2.05) is 0 Å². The van der Waals surface area contributed by atoms with Crippen molar-refractivity contribution < 1.29 is 14.3 Å². The molecule has 0 bridgehead atoms. The second kappa shape index (κ2) is 9.19. The number of aryl methyl sites for hydroxylation is 1. The van der Waals surface area contributed by atoms with Gasteiger partial charge in [-0.25, -0.2) is 4.68 Å². The Kier molecular flexibility index (Phi) is 5.90. The standard InChI is InChI=1S/C24H20ClN7O4/c1-13-10-20(27-22(33)17-9-8-16(35-2)11-19(17)36-3)32(30-13)24-28-21-18(23(34)29-24)12-26-31(21)15-6-4-14(25)5-7-15/h4-12H,1-3H3,(H,27,33)(H,28,29,34). The Bertz CT molecular complexity index is 1650. The predicted molar refractivity (Wildman–Crippen MR) is 134 cm³/mol. The summed E-state index contributed by atoms with van der Waals surface area (Å²) in [5, 5.41) is 12.4. The molecule has 11 nitrogen and oxygen atoms in total. The minimum atomic E-state index is -0.440. The minimum Gasteiger partial charge on any atom is -0.497 e. The van der Waals surface area contributed by atoms with Gasteiger partial charge in [-0.1, -0.05) is 11.6 Å². The molecule has 0 saturated heterocycles. The first-order chi connectivity index (χ1) is 17.4. The molecule has 1 amide bonds. The van der Waals surface area contributed by atoms with Crippen molar-refractivity contribution in [3.05, 3.63) is 81.4 Å². The molecular weight excluding hydrogens is 486 g/mol. The number of nitrogens with zero attached hydrogens (tertiary/aromatic N) is 5. The summed E-state index contributed by atoms with van der Waals surface area (Å²) in [4.78, 5) is 33.3. The van der Waals surface area contributed by atoms with E-state index in [1.165, 1.54) is 29.8 Å². The van der Waals surface area contributed by atoms with E-state index in [0.717, 1.165) is 0 Å². The van der Waals surface area contributed by atoms with Crippen LogP contribution in [0.2, 0.25) is 5.02 Å². The molecule has 36 heavy (non-hydrogen) atoms. The van der Waals surface area contributed by atoms with Gasteiger partial charge in [0.1, 0.15) is 22.7 Å². The molecule has 0 aliphatic rings. The van der Waals surface area contributed by atoms with E-state index >= 15 is 0 Å². The lowest BCUT2D eigenvalue weighted by Gasteiger charge is -2.12. The van der Waals surface area contributed by atoms with Gasteiger partial charge in [-0.15, -0.1) is 0 Å². The second-order valence-electron chi connectivity index (χ2n) is 7.76. The van der Waals surface area contributed by atoms with Crippen LogP contribution in [-0.4, -0.2) is 49.7 Å². The van der Waals surface area contributed by atoms with Gasteiger partial charge >= 0.3 is 0 Å². The third kappa shape index (κ3) is 4.16. The summed E-state index contributed by atoms with van der Waals surface area (Å²) < 4.78 is 13.4. The lowest BCUT2D eigenvalue weighted by atomic mass is 10.1. The Balaban J connectivity index is 1.56. The van der Waals surface area contributed by atoms with Gasteiger partial charge < -0.3 is 14.8 Å². The minimum absolute atomic E-state index is 0.105. The quantitative estimate of drug-likeness (QED) is 0.361. The number of hydrogen-bond donors (Lipinski definition) is 2. The van der Waals surface area contributed by atoms with Crippen LogP contribution in [-0.2, 0) is 0 Å². The highest BCUT2D eigenvalue weighted by molar-refractivity contribution is 6.30. The maximum Gasteiger partial charge on any atom is 0.263 e. The molecule has 0 saturated carbocycles. The summed E-state index contributed by atoms with van der Waals surface area (Å²) in [5.41, 5.74) is 1.48. The summed E-state index contributed by atoms with van der Waals surface area (Å²) >= 11 is 6.00. The van der Waals surface area contributed by atoms with Crippen molar-refractivity contribution in [3.8, 4) is 23.1 Å². The van der Waals surface area contributed by atoms with E-state index in [-0.39, 0.29) is 5.95 Å². The zero-order chi connectivity index (χ0) is 25.4. The first kappa shape index (κ1) is 23.1. The highest BCUT2D eigenvalue weighted by Gasteiger charge is 2.19. The molecule has 0 fully saturated rings. The number of halogens is 1. The molecule has 0 aliphatic heterocycles. The maximum atomic E-state index is 13.1. The molecule has 3 heterocycles. The molecule has 0 atom stereocenters. The van der Waals surface area contributed by atoms with Crippen LogP contribution >= 0.6 is 11.6 Å². The van der Waals surface area contributed by atoms with Crippen molar-refractivity contribution in [3.63, 3.8) is 0 Å². The molecule has 2 N–H and O–H groups in total. The molecule has 0 spiro atoms. The van der Waals surface area contributed by atoms with Crippen molar-refractivity contribution in [2.45, 2.75) is 6.92 Å². The molecule has 2 aromatic carbocycles. The maximum absolute atomic E-state index is 13.1. The van der Waals surface area contributed by atoms with Gasteiger partial charge in [-0.3, -0.25) is 14.6 Å². The molecule has 3 aromatic heterocycles. The number of H-pyrrole nitrogens is 1. The average Bonchev–Trinajstić information content (AvgIpc) is 3.47. The number of nitrogens with one attached hydrogen (secondary N) is 2. The van der Waals surface area contributed by atoms with Gasteiger partial charge in [0.15, 0.2) is 5.65 Å². The number of benzene rings is 2. The first-order valence-electron chi connectivity index (χ1n) is 10.7. The summed E-state index contributed by atoms with van der Waals surface area (Å²) in [6.07, 6.45) is 1.44. The third-order valence-electron chi connectivity index (χ3n) is 5.42. The molecule has 5 aromatic rings. The Morgan fingerprint density at radius 3 is 2.56 bits per heavy atom. The number of anilines is 1. The van der Waals surface area contributed by atoms with Crippen molar-refractivity contribution in [1.82, 2.24) is 29.5 Å². The van der Waals surface area contributed by atoms with E-state index in [1.54, 1.807) is 55.5 Å². The number of methoxy groups -OCH3 is 2. The van der Waals surface area contributed by atoms with Crippen molar-refractivity contribution in [2.75, 3.05) is 19.5 Å². The lowest BCUT2D eigenvalue weighted by Crippen LogP contribution is -2.19. The monoisotopic (exact) mass is 505 g/mol. The van der Waals surface area contributed by atoms with E-state index in [4.69, 9.17) is 21.1 Å². The van der Waals surface area contributed by atoms with Crippen LogP contribution in [0, 0.1) is 6.92 Å². The molecule has 0 unspecified atom stereocenters. The van der Waals surface area contributed by atoms with E-state index in [2.05, 4.69) is 25.5 Å². The van der Waals surface area contributed by atoms with E-state index in [9.17, 15) is 9.59 Å². The van der Waals surface area contributed by atoms with Gasteiger partial charge in [-0.05, 0) is 43.3 Å². The number of aromatic amines is 1. The van der Waals surface area contributed by atoms with Crippen LogP contribution in [0.25, 0.3) is 22.7 Å². The highest BCUT2D eigenvalue weighted by Crippen LogP contribution is 2.26. The number of fused-ring (bicyclic) bond motifs is 1. The zero-order valence-corrected chi connectivity index (χ0v) is 20.2. The van der Waals surface area contributed by atoms with Crippen molar-refractivity contribution in [1.29, 1.82) is 0 Å². The number of hydrogen-bond acceptors (Lipinski definition) is 7.